The molecule has 0 spiro atoms. The number of benzene rings is 3. The molecule has 2 amide bonds. The molecule has 2 atom stereocenters. The van der Waals surface area contributed by atoms with Gasteiger partial charge in [0.25, 0.3) is 0 Å². The van der Waals surface area contributed by atoms with Gasteiger partial charge >= 0.3 is 5.97 Å². The molecule has 0 saturated heterocycles. The van der Waals surface area contributed by atoms with E-state index in [0.717, 1.165) is 16.8 Å². The van der Waals surface area contributed by atoms with Crippen molar-refractivity contribution in [3.8, 4) is 5.75 Å². The highest BCUT2D eigenvalue weighted by molar-refractivity contribution is 5.91. The van der Waals surface area contributed by atoms with Crippen LogP contribution in [0.3, 0.4) is 0 Å². The number of ether oxygens (including phenoxy) is 1. The van der Waals surface area contributed by atoms with Crippen LogP contribution in [-0.4, -0.2) is 61.4 Å². The second kappa shape index (κ2) is 15.5. The van der Waals surface area contributed by atoms with Crippen molar-refractivity contribution in [1.82, 2.24) is 15.5 Å². The van der Waals surface area contributed by atoms with Crippen LogP contribution in [0.4, 0.5) is 5.69 Å². The fourth-order valence-electron chi connectivity index (χ4n) is 4.83. The van der Waals surface area contributed by atoms with Crippen molar-refractivity contribution in [2.24, 2.45) is 5.92 Å². The van der Waals surface area contributed by atoms with Crippen molar-refractivity contribution < 1.29 is 19.1 Å². The number of amides is 2. The minimum Gasteiger partial charge on any atom is -0.423 e. The molecule has 0 radical (unpaired) electrons. The predicted octanol–water partition coefficient (Wildman–Crippen LogP) is 5.46. The van der Waals surface area contributed by atoms with E-state index < -0.39 is 23.6 Å². The Morgan fingerprint density at radius 1 is 0.795 bits per heavy atom. The maximum atomic E-state index is 13.8. The number of nitrogens with zero attached hydrogens (tertiary/aromatic N) is 2. The Hall–Kier alpha value is -4.17. The third-order valence-electron chi connectivity index (χ3n) is 7.13. The molecule has 3 rings (SSSR count). The summed E-state index contributed by atoms with van der Waals surface area (Å²) >= 11 is 0. The standard InChI is InChI=1S/C36H48N4O4/c1-25(2)22-32(40(8)24-27-14-18-29(19-15-27)39(6)7)34(42)37-31(33(41)38-36(3,4)5)23-26-16-20-30(21-17-26)44-35(43)28-12-10-9-11-13-28/h9-21,25,31-32H,22-24H2,1-8H3,(H,37,42)(H,38,41)/t31-,32-/m0/s1. The van der Waals surface area contributed by atoms with Gasteiger partial charge in [0.05, 0.1) is 11.6 Å². The number of carbonyl (C=O) groups is 3. The fraction of sp³-hybridized carbons (Fsp3) is 0.417. The van der Waals surface area contributed by atoms with Crippen LogP contribution >= 0.6 is 0 Å². The topological polar surface area (TPSA) is 91.0 Å². The molecule has 0 heterocycles. The highest BCUT2D eigenvalue weighted by atomic mass is 16.5. The largest absolute Gasteiger partial charge is 0.423 e. The quantitative estimate of drug-likeness (QED) is 0.200. The van der Waals surface area contributed by atoms with Crippen LogP contribution in [0.5, 0.6) is 5.75 Å². The van der Waals surface area contributed by atoms with Gasteiger partial charge in [0.1, 0.15) is 11.8 Å². The lowest BCUT2D eigenvalue weighted by molar-refractivity contribution is -0.132. The lowest BCUT2D eigenvalue weighted by Crippen LogP contribution is -2.56. The van der Waals surface area contributed by atoms with Crippen LogP contribution in [0.1, 0.15) is 62.5 Å². The second-order valence-corrected chi connectivity index (χ2v) is 13.0. The second-order valence-electron chi connectivity index (χ2n) is 13.0. The zero-order chi connectivity index (χ0) is 32.4. The molecule has 0 fully saturated rings. The average Bonchev–Trinajstić information content (AvgIpc) is 2.96. The smallest absolute Gasteiger partial charge is 0.343 e. The lowest BCUT2D eigenvalue weighted by atomic mass is 9.99. The minimum atomic E-state index is -0.790. The van der Waals surface area contributed by atoms with Crippen molar-refractivity contribution in [2.75, 3.05) is 26.0 Å². The highest BCUT2D eigenvalue weighted by Gasteiger charge is 2.30. The summed E-state index contributed by atoms with van der Waals surface area (Å²) in [5.74, 6) is -0.205. The van der Waals surface area contributed by atoms with E-state index >= 15 is 0 Å². The Morgan fingerprint density at radius 2 is 1.39 bits per heavy atom. The molecule has 3 aromatic rings. The number of anilines is 1. The lowest BCUT2D eigenvalue weighted by Gasteiger charge is -2.31. The van der Waals surface area contributed by atoms with E-state index in [4.69, 9.17) is 4.74 Å². The highest BCUT2D eigenvalue weighted by Crippen LogP contribution is 2.19. The van der Waals surface area contributed by atoms with Gasteiger partial charge in [0, 0.05) is 38.3 Å². The first kappa shape index (κ1) is 34.3. The van der Waals surface area contributed by atoms with Gasteiger partial charge in [-0.25, -0.2) is 4.79 Å². The average molecular weight is 601 g/mol. The summed E-state index contributed by atoms with van der Waals surface area (Å²) in [4.78, 5) is 43.8. The van der Waals surface area contributed by atoms with E-state index in [1.807, 2.05) is 60.1 Å². The van der Waals surface area contributed by atoms with Gasteiger partial charge < -0.3 is 20.3 Å². The first-order valence-electron chi connectivity index (χ1n) is 15.2. The summed E-state index contributed by atoms with van der Waals surface area (Å²) in [6, 6.07) is 22.9. The van der Waals surface area contributed by atoms with Gasteiger partial charge in [-0.2, -0.15) is 0 Å². The van der Waals surface area contributed by atoms with E-state index in [9.17, 15) is 14.4 Å². The van der Waals surface area contributed by atoms with E-state index in [-0.39, 0.29) is 24.2 Å². The molecule has 0 saturated carbocycles. The first-order chi connectivity index (χ1) is 20.7. The normalized spacial score (nSPS) is 12.9. The van der Waals surface area contributed by atoms with Gasteiger partial charge in [-0.3, -0.25) is 14.5 Å². The van der Waals surface area contributed by atoms with Crippen molar-refractivity contribution in [3.63, 3.8) is 0 Å². The van der Waals surface area contributed by atoms with Crippen molar-refractivity contribution >= 4 is 23.5 Å². The third-order valence-corrected chi connectivity index (χ3v) is 7.13. The number of hydrogen-bond donors (Lipinski definition) is 2. The monoisotopic (exact) mass is 600 g/mol. The molecule has 0 aliphatic carbocycles. The van der Waals surface area contributed by atoms with Crippen molar-refractivity contribution in [2.45, 2.75) is 71.6 Å². The zero-order valence-electron chi connectivity index (χ0n) is 27.4. The number of likely N-dealkylation sites (N-methyl/N-ethyl adjacent to an activating group) is 1. The van der Waals surface area contributed by atoms with E-state index in [0.29, 0.717) is 24.3 Å². The maximum absolute atomic E-state index is 13.8. The summed E-state index contributed by atoms with van der Waals surface area (Å²) in [6.07, 6.45) is 0.928. The number of nitrogens with one attached hydrogen (secondary N) is 2. The first-order valence-corrected chi connectivity index (χ1v) is 15.2. The third kappa shape index (κ3) is 10.8. The van der Waals surface area contributed by atoms with Crippen LogP contribution in [0.15, 0.2) is 78.9 Å². The van der Waals surface area contributed by atoms with Gasteiger partial charge in [-0.1, -0.05) is 56.3 Å². The van der Waals surface area contributed by atoms with Crippen LogP contribution < -0.4 is 20.3 Å². The van der Waals surface area contributed by atoms with Gasteiger partial charge in [0.2, 0.25) is 11.8 Å². The SMILES string of the molecule is CC(C)C[C@@H](C(=O)N[C@@H](Cc1ccc(OC(=O)c2ccccc2)cc1)C(=O)NC(C)(C)C)N(C)Cc1ccc(N(C)C)cc1. The molecular formula is C36H48N4O4. The Kier molecular flexibility index (Phi) is 12.1. The fourth-order valence-corrected chi connectivity index (χ4v) is 4.83. The molecule has 2 N–H and O–H groups in total. The molecule has 0 aromatic heterocycles. The van der Waals surface area contributed by atoms with Crippen LogP contribution in [0.25, 0.3) is 0 Å². The molecule has 8 nitrogen and oxygen atoms in total. The summed E-state index contributed by atoms with van der Waals surface area (Å²) in [6.45, 7) is 10.5. The molecule has 0 aliphatic heterocycles. The predicted molar refractivity (Wildman–Crippen MR) is 177 cm³/mol. The Morgan fingerprint density at radius 3 is 1.93 bits per heavy atom. The van der Waals surface area contributed by atoms with Gasteiger partial charge in [-0.05, 0) is 87.7 Å². The molecule has 44 heavy (non-hydrogen) atoms. The molecule has 0 unspecified atom stereocenters. The van der Waals surface area contributed by atoms with E-state index in [1.54, 1.807) is 36.4 Å². The number of esters is 1. The molecule has 0 aliphatic rings. The van der Waals surface area contributed by atoms with Crippen molar-refractivity contribution in [3.05, 3.63) is 95.6 Å². The van der Waals surface area contributed by atoms with E-state index in [1.165, 1.54) is 0 Å². The van der Waals surface area contributed by atoms with Crippen LogP contribution in [0.2, 0.25) is 0 Å². The van der Waals surface area contributed by atoms with Crippen LogP contribution in [-0.2, 0) is 22.6 Å². The van der Waals surface area contributed by atoms with Crippen molar-refractivity contribution in [1.29, 1.82) is 0 Å². The number of carbonyl (C=O) groups excluding carboxylic acids is 3. The molecule has 0 bridgehead atoms. The van der Waals surface area contributed by atoms with E-state index in [2.05, 4.69) is 58.5 Å². The Bertz CT molecular complexity index is 1360. The number of rotatable bonds is 13. The summed E-state index contributed by atoms with van der Waals surface area (Å²) < 4.78 is 5.50. The van der Waals surface area contributed by atoms with Gasteiger partial charge in [-0.15, -0.1) is 0 Å². The summed E-state index contributed by atoms with van der Waals surface area (Å²) in [5, 5.41) is 6.09. The molecular weight excluding hydrogens is 552 g/mol. The molecule has 3 aromatic carbocycles. The summed E-state index contributed by atoms with van der Waals surface area (Å²) in [7, 11) is 5.96. The zero-order valence-corrected chi connectivity index (χ0v) is 27.4. The maximum Gasteiger partial charge on any atom is 0.343 e. The number of hydrogen-bond acceptors (Lipinski definition) is 6. The summed E-state index contributed by atoms with van der Waals surface area (Å²) in [5.41, 5.74) is 3.04. The Balaban J connectivity index is 1.76. The Labute approximate surface area is 262 Å². The van der Waals surface area contributed by atoms with Gasteiger partial charge in [0.15, 0.2) is 0 Å². The molecule has 236 valence electrons. The minimum absolute atomic E-state index is 0.186. The molecule has 8 heteroatoms. The van der Waals surface area contributed by atoms with Crippen LogP contribution in [0, 0.1) is 5.92 Å².